The van der Waals surface area contributed by atoms with E-state index in [0.717, 1.165) is 43.8 Å². The van der Waals surface area contributed by atoms with E-state index in [1.165, 1.54) is 25.7 Å². The number of ether oxygens (including phenoxy) is 2. The number of nitrogens with zero attached hydrogens (tertiary/aromatic N) is 4. The van der Waals surface area contributed by atoms with Gasteiger partial charge in [0.1, 0.15) is 12.4 Å². The molecule has 0 saturated heterocycles. The molecule has 8 nitrogen and oxygen atoms in total. The summed E-state index contributed by atoms with van der Waals surface area (Å²) in [5, 5.41) is 15.2. The number of guanidine groups is 1. The van der Waals surface area contributed by atoms with Crippen molar-refractivity contribution in [2.24, 2.45) is 17.5 Å². The van der Waals surface area contributed by atoms with Crippen LogP contribution in [0.1, 0.15) is 50.7 Å². The number of halogens is 1. The standard InChI is InChI=1S/C19H36N6O2.HI/c1-5-27-12-10-19(8-6-7-9-19)15-22-18(20-11-13-26-4)21-14-17-24-23-16(2)25(17)3;/h5-15H2,1-4H3,(H2,20,21,22);1H. The molecular weight excluding hydrogens is 471 g/mol. The molecule has 0 radical (unpaired) electrons. The van der Waals surface area contributed by atoms with Gasteiger partial charge >= 0.3 is 0 Å². The third kappa shape index (κ3) is 7.82. The Morgan fingerprint density at radius 1 is 1.21 bits per heavy atom. The second-order valence-electron chi connectivity index (χ2n) is 7.31. The van der Waals surface area contributed by atoms with Crippen LogP contribution in [0.15, 0.2) is 4.99 Å². The summed E-state index contributed by atoms with van der Waals surface area (Å²) in [5.41, 5.74) is 0.306. The lowest BCUT2D eigenvalue weighted by Gasteiger charge is -2.30. The van der Waals surface area contributed by atoms with Crippen LogP contribution in [0.2, 0.25) is 0 Å². The number of nitrogens with one attached hydrogen (secondary N) is 2. The molecule has 162 valence electrons. The highest BCUT2D eigenvalue weighted by Crippen LogP contribution is 2.40. The molecule has 1 aromatic rings. The minimum absolute atomic E-state index is 0. The lowest BCUT2D eigenvalue weighted by atomic mass is 9.83. The largest absolute Gasteiger partial charge is 0.383 e. The number of hydrogen-bond acceptors (Lipinski definition) is 5. The molecule has 0 bridgehead atoms. The Morgan fingerprint density at radius 2 is 1.96 bits per heavy atom. The van der Waals surface area contributed by atoms with Gasteiger partial charge in [0.05, 0.1) is 6.61 Å². The predicted molar refractivity (Wildman–Crippen MR) is 122 cm³/mol. The Kier molecular flexibility index (Phi) is 11.9. The summed E-state index contributed by atoms with van der Waals surface area (Å²) in [6, 6.07) is 0. The molecule has 0 spiro atoms. The highest BCUT2D eigenvalue weighted by molar-refractivity contribution is 14.0. The lowest BCUT2D eigenvalue weighted by Crippen LogP contribution is -2.44. The van der Waals surface area contributed by atoms with Crippen molar-refractivity contribution in [3.05, 3.63) is 11.6 Å². The first-order valence-corrected chi connectivity index (χ1v) is 10.0. The van der Waals surface area contributed by atoms with Gasteiger partial charge in [0, 0.05) is 40.5 Å². The second-order valence-corrected chi connectivity index (χ2v) is 7.31. The maximum absolute atomic E-state index is 5.62. The van der Waals surface area contributed by atoms with Crippen molar-refractivity contribution in [1.29, 1.82) is 0 Å². The molecule has 0 aromatic carbocycles. The van der Waals surface area contributed by atoms with E-state index >= 15 is 0 Å². The van der Waals surface area contributed by atoms with Crippen molar-refractivity contribution < 1.29 is 9.47 Å². The molecule has 1 aromatic heterocycles. The van der Waals surface area contributed by atoms with Crippen molar-refractivity contribution in [3.8, 4) is 0 Å². The summed E-state index contributed by atoms with van der Waals surface area (Å²) in [7, 11) is 3.67. The van der Waals surface area contributed by atoms with Crippen molar-refractivity contribution in [1.82, 2.24) is 25.4 Å². The smallest absolute Gasteiger partial charge is 0.191 e. The van der Waals surface area contributed by atoms with E-state index in [4.69, 9.17) is 14.5 Å². The molecule has 1 heterocycles. The SMILES string of the molecule is CCOCCC1(CNC(=NCc2nnc(C)n2C)NCCOC)CCCC1.I. The monoisotopic (exact) mass is 508 g/mol. The van der Waals surface area contributed by atoms with Crippen LogP contribution in [0.5, 0.6) is 0 Å². The number of hydrogen-bond donors (Lipinski definition) is 2. The molecule has 1 fully saturated rings. The molecule has 0 amide bonds. The van der Waals surface area contributed by atoms with Crippen LogP contribution in [-0.2, 0) is 23.1 Å². The quantitative estimate of drug-likeness (QED) is 0.207. The van der Waals surface area contributed by atoms with Crippen molar-refractivity contribution in [3.63, 3.8) is 0 Å². The number of aryl methyl sites for hydroxylation is 1. The van der Waals surface area contributed by atoms with E-state index < -0.39 is 0 Å². The summed E-state index contributed by atoms with van der Waals surface area (Å²) in [6.07, 6.45) is 6.20. The van der Waals surface area contributed by atoms with Gasteiger partial charge in [-0.05, 0) is 38.5 Å². The molecule has 28 heavy (non-hydrogen) atoms. The number of aromatic nitrogens is 3. The minimum Gasteiger partial charge on any atom is -0.383 e. The van der Waals surface area contributed by atoms with Crippen molar-refractivity contribution >= 4 is 29.9 Å². The molecular formula is C19H37IN6O2. The van der Waals surface area contributed by atoms with Crippen LogP contribution >= 0.6 is 24.0 Å². The maximum Gasteiger partial charge on any atom is 0.191 e. The van der Waals surface area contributed by atoms with E-state index in [1.807, 2.05) is 18.5 Å². The van der Waals surface area contributed by atoms with Gasteiger partial charge in [-0.1, -0.05) is 12.8 Å². The zero-order valence-corrected chi connectivity index (χ0v) is 20.1. The van der Waals surface area contributed by atoms with Gasteiger partial charge in [0.25, 0.3) is 0 Å². The fourth-order valence-electron chi connectivity index (χ4n) is 3.53. The number of methoxy groups -OCH3 is 1. The Labute approximate surface area is 186 Å². The van der Waals surface area contributed by atoms with Crippen LogP contribution in [0, 0.1) is 12.3 Å². The Bertz CT molecular complexity index is 587. The molecule has 1 saturated carbocycles. The Morgan fingerprint density at radius 3 is 2.57 bits per heavy atom. The zero-order chi connectivity index (χ0) is 19.5. The Balaban J connectivity index is 0.00000392. The summed E-state index contributed by atoms with van der Waals surface area (Å²) < 4.78 is 12.7. The van der Waals surface area contributed by atoms with Gasteiger partial charge in [-0.15, -0.1) is 34.2 Å². The van der Waals surface area contributed by atoms with Crippen LogP contribution in [-0.4, -0.2) is 60.7 Å². The van der Waals surface area contributed by atoms with Crippen LogP contribution in [0.25, 0.3) is 0 Å². The summed E-state index contributed by atoms with van der Waals surface area (Å²) in [4.78, 5) is 4.71. The van der Waals surface area contributed by atoms with Gasteiger partial charge in [0.2, 0.25) is 0 Å². The third-order valence-corrected chi connectivity index (χ3v) is 5.44. The van der Waals surface area contributed by atoms with E-state index in [1.54, 1.807) is 7.11 Å². The fraction of sp³-hybridized carbons (Fsp3) is 0.842. The normalized spacial score (nSPS) is 16.1. The van der Waals surface area contributed by atoms with E-state index in [2.05, 4.69) is 27.8 Å². The summed E-state index contributed by atoms with van der Waals surface area (Å²) in [5.74, 6) is 2.55. The van der Waals surface area contributed by atoms with Crippen molar-refractivity contribution in [2.45, 2.75) is 52.5 Å². The van der Waals surface area contributed by atoms with Crippen LogP contribution in [0.3, 0.4) is 0 Å². The minimum atomic E-state index is 0. The Hall–Kier alpha value is -0.940. The predicted octanol–water partition coefficient (Wildman–Crippen LogP) is 2.41. The van der Waals surface area contributed by atoms with Gasteiger partial charge in [0.15, 0.2) is 11.8 Å². The molecule has 0 unspecified atom stereocenters. The molecule has 9 heteroatoms. The van der Waals surface area contributed by atoms with Crippen LogP contribution < -0.4 is 10.6 Å². The van der Waals surface area contributed by atoms with E-state index in [-0.39, 0.29) is 24.0 Å². The molecule has 0 atom stereocenters. The van der Waals surface area contributed by atoms with E-state index in [9.17, 15) is 0 Å². The first-order valence-electron chi connectivity index (χ1n) is 10.0. The number of rotatable bonds is 11. The highest BCUT2D eigenvalue weighted by Gasteiger charge is 2.33. The molecule has 1 aliphatic rings. The summed E-state index contributed by atoms with van der Waals surface area (Å²) in [6.45, 7) is 8.37. The third-order valence-electron chi connectivity index (χ3n) is 5.44. The first kappa shape index (κ1) is 25.1. The highest BCUT2D eigenvalue weighted by atomic mass is 127. The first-order chi connectivity index (χ1) is 13.1. The van der Waals surface area contributed by atoms with Gasteiger partial charge in [-0.2, -0.15) is 0 Å². The van der Waals surface area contributed by atoms with Gasteiger partial charge in [-0.3, -0.25) is 0 Å². The topological polar surface area (TPSA) is 85.6 Å². The molecule has 2 N–H and O–H groups in total. The van der Waals surface area contributed by atoms with Crippen LogP contribution in [0.4, 0.5) is 0 Å². The average Bonchev–Trinajstić information content (AvgIpc) is 3.26. The van der Waals surface area contributed by atoms with E-state index in [0.29, 0.717) is 25.1 Å². The average molecular weight is 508 g/mol. The van der Waals surface area contributed by atoms with Crippen molar-refractivity contribution in [2.75, 3.05) is 40.0 Å². The fourth-order valence-corrected chi connectivity index (χ4v) is 3.53. The van der Waals surface area contributed by atoms with Gasteiger partial charge < -0.3 is 24.7 Å². The zero-order valence-electron chi connectivity index (χ0n) is 17.8. The molecule has 1 aliphatic carbocycles. The van der Waals surface area contributed by atoms with Gasteiger partial charge in [-0.25, -0.2) is 4.99 Å². The lowest BCUT2D eigenvalue weighted by molar-refractivity contribution is 0.105. The maximum atomic E-state index is 5.62. The second kappa shape index (κ2) is 13.3. The molecule has 2 rings (SSSR count). The summed E-state index contributed by atoms with van der Waals surface area (Å²) >= 11 is 0. The molecule has 0 aliphatic heterocycles. The number of aliphatic imine (C=N–C) groups is 1.